The van der Waals surface area contributed by atoms with Crippen LogP contribution in [0.4, 0.5) is 4.79 Å². The van der Waals surface area contributed by atoms with Gasteiger partial charge in [-0.3, -0.25) is 9.69 Å². The first-order chi connectivity index (χ1) is 15.0. The first kappa shape index (κ1) is 25.8. The van der Waals surface area contributed by atoms with Crippen LogP contribution in [0.3, 0.4) is 0 Å². The molecule has 0 spiro atoms. The molecule has 9 nitrogen and oxygen atoms in total. The Morgan fingerprint density at radius 1 is 1.22 bits per heavy atom. The van der Waals surface area contributed by atoms with Gasteiger partial charge in [0, 0.05) is 0 Å². The standard InChI is InChI=1S/C23H34N2O7/c1-14(2)31-20-18(16(11-26)21(24)28)25(22(29)32-23(3,4)5)17(19(20)27)13-30-12-15-9-7-6-8-10-15/h6-11,14,16-20,27H,12-13H2,1-5H3,(H2,24,28). The van der Waals surface area contributed by atoms with Crippen molar-refractivity contribution in [2.45, 2.75) is 77.2 Å². The predicted molar refractivity (Wildman–Crippen MR) is 117 cm³/mol. The van der Waals surface area contributed by atoms with Gasteiger partial charge in [0.25, 0.3) is 0 Å². The van der Waals surface area contributed by atoms with Gasteiger partial charge in [0.2, 0.25) is 5.91 Å². The van der Waals surface area contributed by atoms with Crippen LogP contribution in [0, 0.1) is 5.92 Å². The van der Waals surface area contributed by atoms with Crippen molar-refractivity contribution in [3.8, 4) is 0 Å². The van der Waals surface area contributed by atoms with Crippen LogP contribution in [-0.4, -0.2) is 70.9 Å². The van der Waals surface area contributed by atoms with Crippen LogP contribution in [-0.2, 0) is 30.4 Å². The van der Waals surface area contributed by atoms with Crippen molar-refractivity contribution in [1.29, 1.82) is 0 Å². The molecule has 1 heterocycles. The number of hydrogen-bond donors (Lipinski definition) is 2. The first-order valence-electron chi connectivity index (χ1n) is 10.7. The topological polar surface area (TPSA) is 128 Å². The molecule has 1 aromatic rings. The molecule has 0 saturated carbocycles. The third-order valence-corrected chi connectivity index (χ3v) is 5.02. The van der Waals surface area contributed by atoms with Gasteiger partial charge in [-0.1, -0.05) is 30.3 Å². The van der Waals surface area contributed by atoms with Crippen LogP contribution in [0.1, 0.15) is 40.2 Å². The maximum Gasteiger partial charge on any atom is 0.411 e. The number of nitrogens with zero attached hydrogens (tertiary/aromatic N) is 1. The lowest BCUT2D eigenvalue weighted by Crippen LogP contribution is -2.53. The lowest BCUT2D eigenvalue weighted by molar-refractivity contribution is -0.132. The van der Waals surface area contributed by atoms with E-state index in [4.69, 9.17) is 19.9 Å². The summed E-state index contributed by atoms with van der Waals surface area (Å²) >= 11 is 0. The summed E-state index contributed by atoms with van der Waals surface area (Å²) in [6, 6.07) is 7.36. The Morgan fingerprint density at radius 2 is 1.84 bits per heavy atom. The SMILES string of the molecule is CC(C)OC1C(O)C(COCc2ccccc2)N(C(=O)OC(C)(C)C)C1C(C=O)C(N)=O. The van der Waals surface area contributed by atoms with Crippen molar-refractivity contribution in [1.82, 2.24) is 4.90 Å². The van der Waals surface area contributed by atoms with Crippen molar-refractivity contribution in [2.75, 3.05) is 6.61 Å². The zero-order valence-electron chi connectivity index (χ0n) is 19.3. The highest BCUT2D eigenvalue weighted by Crippen LogP contribution is 2.34. The molecule has 1 aliphatic heterocycles. The molecule has 0 aromatic heterocycles. The largest absolute Gasteiger partial charge is 0.444 e. The molecule has 1 saturated heterocycles. The van der Waals surface area contributed by atoms with E-state index < -0.39 is 47.8 Å². The maximum absolute atomic E-state index is 13.1. The summed E-state index contributed by atoms with van der Waals surface area (Å²) < 4.78 is 17.2. The first-order valence-corrected chi connectivity index (χ1v) is 10.7. The fourth-order valence-electron chi connectivity index (χ4n) is 3.76. The molecule has 3 N–H and O–H groups in total. The molecule has 1 aliphatic rings. The third-order valence-electron chi connectivity index (χ3n) is 5.02. The Kier molecular flexibility index (Phi) is 8.77. The number of primary amides is 1. The molecule has 5 unspecified atom stereocenters. The number of ether oxygens (including phenoxy) is 3. The molecule has 2 rings (SSSR count). The van der Waals surface area contributed by atoms with Gasteiger partial charge in [-0.05, 0) is 40.2 Å². The molecule has 1 aromatic carbocycles. The monoisotopic (exact) mass is 450 g/mol. The van der Waals surface area contributed by atoms with E-state index in [1.807, 2.05) is 30.3 Å². The van der Waals surface area contributed by atoms with Crippen LogP contribution in [0.5, 0.6) is 0 Å². The lowest BCUT2D eigenvalue weighted by Gasteiger charge is -2.34. The third kappa shape index (κ3) is 6.51. The Hall–Kier alpha value is -2.49. The summed E-state index contributed by atoms with van der Waals surface area (Å²) in [5.74, 6) is -2.31. The minimum atomic E-state index is -1.39. The summed E-state index contributed by atoms with van der Waals surface area (Å²) in [4.78, 5) is 38.2. The highest BCUT2D eigenvalue weighted by Gasteiger charge is 2.56. The van der Waals surface area contributed by atoms with Crippen molar-refractivity contribution in [3.63, 3.8) is 0 Å². The molecule has 0 radical (unpaired) electrons. The molecule has 0 aliphatic carbocycles. The van der Waals surface area contributed by atoms with E-state index >= 15 is 0 Å². The summed E-state index contributed by atoms with van der Waals surface area (Å²) in [6.07, 6.45) is -3.02. The number of hydrogen-bond acceptors (Lipinski definition) is 7. The van der Waals surface area contributed by atoms with E-state index in [2.05, 4.69) is 0 Å². The molecular weight excluding hydrogens is 416 g/mol. The highest BCUT2D eigenvalue weighted by atomic mass is 16.6. The second kappa shape index (κ2) is 10.9. The normalized spacial score (nSPS) is 24.4. The van der Waals surface area contributed by atoms with Crippen LogP contribution >= 0.6 is 0 Å². The molecule has 9 heteroatoms. The van der Waals surface area contributed by atoms with Crippen LogP contribution in [0.25, 0.3) is 0 Å². The average molecular weight is 451 g/mol. The fraction of sp³-hybridized carbons (Fsp3) is 0.609. The molecule has 32 heavy (non-hydrogen) atoms. The van der Waals surface area contributed by atoms with E-state index in [0.717, 1.165) is 5.56 Å². The lowest BCUT2D eigenvalue weighted by atomic mass is 9.95. The zero-order chi connectivity index (χ0) is 24.1. The Labute approximate surface area is 188 Å². The van der Waals surface area contributed by atoms with E-state index in [0.29, 0.717) is 6.29 Å². The number of rotatable bonds is 9. The number of likely N-dealkylation sites (tertiary alicyclic amines) is 1. The minimum Gasteiger partial charge on any atom is -0.444 e. The Bertz CT molecular complexity index is 778. The quantitative estimate of drug-likeness (QED) is 0.432. The van der Waals surface area contributed by atoms with Crippen LogP contribution < -0.4 is 5.73 Å². The molecule has 5 atom stereocenters. The minimum absolute atomic E-state index is 0.0614. The number of benzene rings is 1. The van der Waals surface area contributed by atoms with E-state index in [-0.39, 0.29) is 19.3 Å². The van der Waals surface area contributed by atoms with Gasteiger partial charge in [-0.2, -0.15) is 0 Å². The highest BCUT2D eigenvalue weighted by molar-refractivity contribution is 5.92. The molecule has 0 bridgehead atoms. The molecule has 2 amide bonds. The van der Waals surface area contributed by atoms with Crippen molar-refractivity contribution < 1.29 is 33.7 Å². The number of aliphatic hydroxyl groups is 1. The predicted octanol–water partition coefficient (Wildman–Crippen LogP) is 1.65. The number of carbonyl (C=O) groups excluding carboxylic acids is 3. The van der Waals surface area contributed by atoms with Crippen molar-refractivity contribution in [2.24, 2.45) is 11.7 Å². The molecular formula is C23H34N2O7. The number of aliphatic hydroxyl groups excluding tert-OH is 1. The van der Waals surface area contributed by atoms with E-state index in [1.54, 1.807) is 34.6 Å². The number of aldehydes is 1. The summed E-state index contributed by atoms with van der Waals surface area (Å²) in [6.45, 7) is 8.78. The molecule has 1 fully saturated rings. The van der Waals surface area contributed by atoms with Crippen molar-refractivity contribution >= 4 is 18.3 Å². The number of carbonyl (C=O) groups is 3. The zero-order valence-corrected chi connectivity index (χ0v) is 19.3. The second-order valence-electron chi connectivity index (χ2n) is 9.15. The van der Waals surface area contributed by atoms with Crippen LogP contribution in [0.2, 0.25) is 0 Å². The Balaban J connectivity index is 2.38. The summed E-state index contributed by atoms with van der Waals surface area (Å²) in [7, 11) is 0. The van der Waals surface area contributed by atoms with E-state index in [1.165, 1.54) is 4.90 Å². The number of amides is 2. The van der Waals surface area contributed by atoms with Gasteiger partial charge in [0.05, 0.1) is 31.4 Å². The molecule has 178 valence electrons. The van der Waals surface area contributed by atoms with Gasteiger partial charge in [0.15, 0.2) is 0 Å². The number of nitrogens with two attached hydrogens (primary N) is 1. The van der Waals surface area contributed by atoms with Gasteiger partial charge < -0.3 is 29.8 Å². The van der Waals surface area contributed by atoms with Crippen molar-refractivity contribution in [3.05, 3.63) is 35.9 Å². The van der Waals surface area contributed by atoms with Gasteiger partial charge in [-0.15, -0.1) is 0 Å². The van der Waals surface area contributed by atoms with Gasteiger partial charge in [-0.25, -0.2) is 4.79 Å². The smallest absolute Gasteiger partial charge is 0.411 e. The average Bonchev–Trinajstić information content (AvgIpc) is 2.94. The second-order valence-corrected chi connectivity index (χ2v) is 9.15. The maximum atomic E-state index is 13.1. The van der Waals surface area contributed by atoms with Gasteiger partial charge in [0.1, 0.15) is 30.0 Å². The Morgan fingerprint density at radius 3 is 2.34 bits per heavy atom. The van der Waals surface area contributed by atoms with Crippen LogP contribution in [0.15, 0.2) is 30.3 Å². The van der Waals surface area contributed by atoms with Gasteiger partial charge >= 0.3 is 6.09 Å². The summed E-state index contributed by atoms with van der Waals surface area (Å²) in [5, 5.41) is 11.1. The summed E-state index contributed by atoms with van der Waals surface area (Å²) in [5.41, 5.74) is 5.53. The fourth-order valence-corrected chi connectivity index (χ4v) is 3.76. The van der Waals surface area contributed by atoms with E-state index in [9.17, 15) is 19.5 Å².